The van der Waals surface area contributed by atoms with Crippen molar-refractivity contribution in [2.75, 3.05) is 7.11 Å². The summed E-state index contributed by atoms with van der Waals surface area (Å²) in [5.41, 5.74) is 2.30. The van der Waals surface area contributed by atoms with Crippen LogP contribution in [-0.4, -0.2) is 13.0 Å². The first kappa shape index (κ1) is 14.1. The highest BCUT2D eigenvalue weighted by molar-refractivity contribution is 5.72. The predicted octanol–water partition coefficient (Wildman–Crippen LogP) is 1.67. The molecule has 0 aliphatic heterocycles. The Kier molecular flexibility index (Phi) is 4.71. The van der Waals surface area contributed by atoms with E-state index < -0.39 is 0 Å². The van der Waals surface area contributed by atoms with Crippen LogP contribution in [0.1, 0.15) is 18.1 Å². The van der Waals surface area contributed by atoms with Gasteiger partial charge in [-0.1, -0.05) is 0 Å². The van der Waals surface area contributed by atoms with Crippen molar-refractivity contribution in [3.8, 4) is 5.75 Å². The summed E-state index contributed by atoms with van der Waals surface area (Å²) in [4.78, 5) is 10.9. The van der Waals surface area contributed by atoms with E-state index >= 15 is 0 Å². The molecule has 1 aromatic heterocycles. The quantitative estimate of drug-likeness (QED) is 0.841. The van der Waals surface area contributed by atoms with Crippen LogP contribution in [0.15, 0.2) is 48.8 Å². The minimum absolute atomic E-state index is 0.0139. The summed E-state index contributed by atoms with van der Waals surface area (Å²) in [5, 5.41) is 2.78. The average molecular weight is 271 g/mol. The molecular formula is C16H19N2O2+. The fourth-order valence-corrected chi connectivity index (χ4v) is 1.88. The number of rotatable bonds is 5. The van der Waals surface area contributed by atoms with Crippen molar-refractivity contribution in [1.82, 2.24) is 5.32 Å². The van der Waals surface area contributed by atoms with E-state index in [1.165, 1.54) is 12.5 Å². The Balaban J connectivity index is 1.97. The Labute approximate surface area is 119 Å². The maximum atomic E-state index is 10.9. The van der Waals surface area contributed by atoms with Gasteiger partial charge in [0.25, 0.3) is 0 Å². The molecule has 0 unspecified atom stereocenters. The van der Waals surface area contributed by atoms with E-state index in [0.29, 0.717) is 6.54 Å². The van der Waals surface area contributed by atoms with Gasteiger partial charge in [0.1, 0.15) is 5.75 Å². The fraction of sp³-hybridized carbons (Fsp3) is 0.250. The van der Waals surface area contributed by atoms with Gasteiger partial charge in [-0.05, 0) is 29.8 Å². The van der Waals surface area contributed by atoms with Crippen LogP contribution in [0, 0.1) is 0 Å². The molecule has 4 heteroatoms. The number of carbonyl (C=O) groups excluding carboxylic acids is 1. The Morgan fingerprint density at radius 1 is 1.10 bits per heavy atom. The standard InChI is InChI=1S/C16H18N2O2/c1-13(19)17-11-14-7-9-18(10-8-14)12-15-3-5-16(20-2)6-4-15/h3-10H,11-12H2,1-2H3/p+1. The molecule has 104 valence electrons. The lowest BCUT2D eigenvalue weighted by atomic mass is 10.2. The van der Waals surface area contributed by atoms with E-state index in [4.69, 9.17) is 4.74 Å². The largest absolute Gasteiger partial charge is 0.497 e. The second kappa shape index (κ2) is 6.70. The zero-order chi connectivity index (χ0) is 14.4. The first-order valence-electron chi connectivity index (χ1n) is 6.53. The highest BCUT2D eigenvalue weighted by Crippen LogP contribution is 2.10. The average Bonchev–Trinajstić information content (AvgIpc) is 2.47. The summed E-state index contributed by atoms with van der Waals surface area (Å²) >= 11 is 0. The number of pyridine rings is 1. The first-order valence-corrected chi connectivity index (χ1v) is 6.53. The molecule has 0 saturated heterocycles. The normalized spacial score (nSPS) is 10.1. The van der Waals surface area contributed by atoms with Crippen molar-refractivity contribution in [3.63, 3.8) is 0 Å². The lowest BCUT2D eigenvalue weighted by Gasteiger charge is -2.03. The van der Waals surface area contributed by atoms with Crippen molar-refractivity contribution in [2.45, 2.75) is 20.0 Å². The SMILES string of the molecule is COc1ccc(C[n+]2ccc(CNC(C)=O)cc2)cc1. The molecule has 0 fully saturated rings. The minimum Gasteiger partial charge on any atom is -0.497 e. The molecule has 1 amide bonds. The summed E-state index contributed by atoms with van der Waals surface area (Å²) in [7, 11) is 1.66. The van der Waals surface area contributed by atoms with E-state index in [2.05, 4.69) is 22.0 Å². The van der Waals surface area contributed by atoms with Crippen molar-refractivity contribution >= 4 is 5.91 Å². The Morgan fingerprint density at radius 3 is 2.30 bits per heavy atom. The number of carbonyl (C=O) groups is 1. The first-order chi connectivity index (χ1) is 9.67. The minimum atomic E-state index is -0.0139. The molecule has 2 aromatic rings. The number of aromatic nitrogens is 1. The fourth-order valence-electron chi connectivity index (χ4n) is 1.88. The highest BCUT2D eigenvalue weighted by Gasteiger charge is 2.03. The number of hydrogen-bond acceptors (Lipinski definition) is 2. The molecule has 1 aromatic carbocycles. The molecule has 20 heavy (non-hydrogen) atoms. The van der Waals surface area contributed by atoms with Crippen LogP contribution in [0.2, 0.25) is 0 Å². The van der Waals surface area contributed by atoms with E-state index in [0.717, 1.165) is 17.9 Å². The van der Waals surface area contributed by atoms with Gasteiger partial charge in [-0.25, -0.2) is 4.57 Å². The molecule has 0 aliphatic carbocycles. The van der Waals surface area contributed by atoms with E-state index in [1.807, 2.05) is 36.7 Å². The van der Waals surface area contributed by atoms with Crippen LogP contribution in [0.4, 0.5) is 0 Å². The van der Waals surface area contributed by atoms with Crippen LogP contribution in [0.25, 0.3) is 0 Å². The molecule has 0 saturated carbocycles. The van der Waals surface area contributed by atoms with Gasteiger partial charge in [0.05, 0.1) is 7.11 Å². The maximum absolute atomic E-state index is 10.9. The topological polar surface area (TPSA) is 42.2 Å². The molecule has 0 aliphatic rings. The van der Waals surface area contributed by atoms with Crippen LogP contribution in [-0.2, 0) is 17.9 Å². The van der Waals surface area contributed by atoms with Gasteiger partial charge in [0, 0.05) is 31.2 Å². The van der Waals surface area contributed by atoms with Gasteiger partial charge in [-0.15, -0.1) is 0 Å². The van der Waals surface area contributed by atoms with Crippen LogP contribution in [0.3, 0.4) is 0 Å². The van der Waals surface area contributed by atoms with Gasteiger partial charge in [0.15, 0.2) is 18.9 Å². The third kappa shape index (κ3) is 4.09. The van der Waals surface area contributed by atoms with Gasteiger partial charge in [0.2, 0.25) is 5.91 Å². The van der Waals surface area contributed by atoms with E-state index in [9.17, 15) is 4.79 Å². The van der Waals surface area contributed by atoms with Crippen LogP contribution in [0.5, 0.6) is 5.75 Å². The molecule has 2 rings (SSSR count). The number of hydrogen-bond donors (Lipinski definition) is 1. The third-order valence-electron chi connectivity index (χ3n) is 3.03. The number of nitrogens with one attached hydrogen (secondary N) is 1. The second-order valence-corrected chi connectivity index (χ2v) is 4.64. The van der Waals surface area contributed by atoms with Gasteiger partial charge >= 0.3 is 0 Å². The molecule has 1 N–H and O–H groups in total. The number of amides is 1. The Morgan fingerprint density at radius 2 is 1.75 bits per heavy atom. The summed E-state index contributed by atoms with van der Waals surface area (Å²) in [6, 6.07) is 12.1. The summed E-state index contributed by atoms with van der Waals surface area (Å²) in [5.74, 6) is 0.851. The number of nitrogens with zero attached hydrogens (tertiary/aromatic N) is 1. The lowest BCUT2D eigenvalue weighted by molar-refractivity contribution is -0.688. The molecule has 0 bridgehead atoms. The Hall–Kier alpha value is -2.36. The summed E-state index contributed by atoms with van der Waals surface area (Å²) in [6.45, 7) is 2.90. The van der Waals surface area contributed by atoms with Gasteiger partial charge in [-0.2, -0.15) is 0 Å². The number of methoxy groups -OCH3 is 1. The zero-order valence-corrected chi connectivity index (χ0v) is 11.8. The van der Waals surface area contributed by atoms with Crippen molar-refractivity contribution in [3.05, 3.63) is 59.9 Å². The highest BCUT2D eigenvalue weighted by atomic mass is 16.5. The number of benzene rings is 1. The van der Waals surface area contributed by atoms with Gasteiger partial charge in [-0.3, -0.25) is 4.79 Å². The van der Waals surface area contributed by atoms with E-state index in [1.54, 1.807) is 7.11 Å². The van der Waals surface area contributed by atoms with E-state index in [-0.39, 0.29) is 5.91 Å². The molecule has 1 heterocycles. The van der Waals surface area contributed by atoms with Crippen molar-refractivity contribution in [1.29, 1.82) is 0 Å². The summed E-state index contributed by atoms with van der Waals surface area (Å²) in [6.07, 6.45) is 4.03. The monoisotopic (exact) mass is 271 g/mol. The Bertz CT molecular complexity index is 562. The van der Waals surface area contributed by atoms with Gasteiger partial charge < -0.3 is 10.1 Å². The number of ether oxygens (including phenoxy) is 1. The molecule has 4 nitrogen and oxygen atoms in total. The predicted molar refractivity (Wildman–Crippen MR) is 76.3 cm³/mol. The molecule has 0 radical (unpaired) electrons. The maximum Gasteiger partial charge on any atom is 0.217 e. The molecule has 0 spiro atoms. The van der Waals surface area contributed by atoms with Crippen molar-refractivity contribution < 1.29 is 14.1 Å². The zero-order valence-electron chi connectivity index (χ0n) is 11.8. The van der Waals surface area contributed by atoms with Crippen molar-refractivity contribution in [2.24, 2.45) is 0 Å². The van der Waals surface area contributed by atoms with Crippen LogP contribution >= 0.6 is 0 Å². The molecule has 0 atom stereocenters. The third-order valence-corrected chi connectivity index (χ3v) is 3.03. The van der Waals surface area contributed by atoms with Crippen LogP contribution < -0.4 is 14.6 Å². The second-order valence-electron chi connectivity index (χ2n) is 4.64. The lowest BCUT2D eigenvalue weighted by Crippen LogP contribution is -2.33. The summed E-state index contributed by atoms with van der Waals surface area (Å²) < 4.78 is 7.24. The molecular weight excluding hydrogens is 252 g/mol. The smallest absolute Gasteiger partial charge is 0.217 e.